The van der Waals surface area contributed by atoms with Gasteiger partial charge in [-0.1, -0.05) is 24.3 Å². The lowest BCUT2D eigenvalue weighted by Crippen LogP contribution is -2.37. The van der Waals surface area contributed by atoms with Gasteiger partial charge in [-0.2, -0.15) is 11.8 Å². The van der Waals surface area contributed by atoms with Crippen LogP contribution in [0.2, 0.25) is 0 Å². The first kappa shape index (κ1) is 19.3. The van der Waals surface area contributed by atoms with Crippen LogP contribution in [-0.2, 0) is 6.54 Å². The van der Waals surface area contributed by atoms with Gasteiger partial charge >= 0.3 is 0 Å². The minimum absolute atomic E-state index is 0.654. The Balaban J connectivity index is 1.95. The fourth-order valence-electron chi connectivity index (χ4n) is 2.45. The first-order chi connectivity index (χ1) is 12.3. The van der Waals surface area contributed by atoms with Gasteiger partial charge in [-0.25, -0.2) is 4.99 Å². The van der Waals surface area contributed by atoms with Crippen molar-refractivity contribution in [2.24, 2.45) is 4.99 Å². The second-order valence-corrected chi connectivity index (χ2v) is 6.72. The van der Waals surface area contributed by atoms with E-state index in [1.165, 1.54) is 24.2 Å². The highest BCUT2D eigenvalue weighted by Gasteiger charge is 2.01. The summed E-state index contributed by atoms with van der Waals surface area (Å²) < 4.78 is 0. The molecule has 0 aliphatic carbocycles. The van der Waals surface area contributed by atoms with E-state index in [4.69, 9.17) is 4.99 Å². The number of hydrogen-bond acceptors (Lipinski definition) is 3. The third kappa shape index (κ3) is 7.18. The van der Waals surface area contributed by atoms with Crippen LogP contribution >= 0.6 is 11.8 Å². The molecule has 0 unspecified atom stereocenters. The third-order valence-corrected chi connectivity index (χ3v) is 4.42. The first-order valence-electron chi connectivity index (χ1n) is 8.85. The van der Waals surface area contributed by atoms with Crippen molar-refractivity contribution in [3.05, 3.63) is 54.2 Å². The van der Waals surface area contributed by atoms with Crippen LogP contribution in [0, 0.1) is 0 Å². The molecule has 4 nitrogen and oxygen atoms in total. The van der Waals surface area contributed by atoms with E-state index >= 15 is 0 Å². The van der Waals surface area contributed by atoms with Gasteiger partial charge < -0.3 is 10.6 Å². The first-order valence-corrected chi connectivity index (χ1v) is 10.2. The summed E-state index contributed by atoms with van der Waals surface area (Å²) in [6.45, 7) is 4.57. The molecule has 25 heavy (non-hydrogen) atoms. The number of aromatic nitrogens is 1. The summed E-state index contributed by atoms with van der Waals surface area (Å²) >= 11 is 1.90. The molecule has 0 amide bonds. The molecule has 0 saturated carbocycles. The number of aliphatic imine (C=N–C) groups is 1. The third-order valence-electron chi connectivity index (χ3n) is 3.72. The minimum Gasteiger partial charge on any atom is -0.357 e. The molecule has 0 aliphatic heterocycles. The minimum atomic E-state index is 0.654. The van der Waals surface area contributed by atoms with Gasteiger partial charge in [0.05, 0.1) is 12.2 Å². The predicted octanol–water partition coefficient (Wildman–Crippen LogP) is 3.95. The van der Waals surface area contributed by atoms with Crippen LogP contribution in [0.15, 0.2) is 53.7 Å². The average Bonchev–Trinajstić information content (AvgIpc) is 2.67. The molecule has 0 spiro atoms. The van der Waals surface area contributed by atoms with Gasteiger partial charge in [0.1, 0.15) is 0 Å². The van der Waals surface area contributed by atoms with Gasteiger partial charge in [0.15, 0.2) is 5.96 Å². The van der Waals surface area contributed by atoms with Gasteiger partial charge in [0, 0.05) is 24.8 Å². The monoisotopic (exact) mass is 356 g/mol. The summed E-state index contributed by atoms with van der Waals surface area (Å²) in [7, 11) is 0. The van der Waals surface area contributed by atoms with Crippen LogP contribution in [0.1, 0.15) is 25.3 Å². The summed E-state index contributed by atoms with van der Waals surface area (Å²) in [5.74, 6) is 2.10. The molecule has 0 aliphatic rings. The summed E-state index contributed by atoms with van der Waals surface area (Å²) in [5, 5.41) is 6.72. The summed E-state index contributed by atoms with van der Waals surface area (Å²) in [6, 6.07) is 14.4. The number of nitrogens with zero attached hydrogens (tertiary/aromatic N) is 2. The van der Waals surface area contributed by atoms with Gasteiger partial charge in [0.2, 0.25) is 0 Å². The lowest BCUT2D eigenvalue weighted by Gasteiger charge is -2.11. The van der Waals surface area contributed by atoms with Crippen LogP contribution < -0.4 is 10.6 Å². The Labute approximate surface area is 155 Å². The molecule has 0 radical (unpaired) electrons. The number of guanidine groups is 1. The lowest BCUT2D eigenvalue weighted by molar-refractivity contribution is 0.734. The second-order valence-electron chi connectivity index (χ2n) is 5.74. The Kier molecular flexibility index (Phi) is 8.91. The molecular formula is C20H28N4S. The molecule has 5 heteroatoms. The number of rotatable bonds is 9. The van der Waals surface area contributed by atoms with Gasteiger partial charge in [-0.05, 0) is 55.5 Å². The summed E-state index contributed by atoms with van der Waals surface area (Å²) in [5.41, 5.74) is 3.30. The molecule has 1 aromatic carbocycles. The number of thioether (sulfide) groups is 1. The SMILES string of the molecule is CCNC(=NCc1cccc(-c2ccccn2)c1)NCCCCSC. The normalized spacial score (nSPS) is 11.4. The topological polar surface area (TPSA) is 49.3 Å². The van der Waals surface area contributed by atoms with E-state index in [9.17, 15) is 0 Å². The Morgan fingerprint density at radius 2 is 2.04 bits per heavy atom. The van der Waals surface area contributed by atoms with E-state index in [0.29, 0.717) is 6.54 Å². The van der Waals surface area contributed by atoms with Crippen molar-refractivity contribution in [2.75, 3.05) is 25.1 Å². The molecule has 0 bridgehead atoms. The highest BCUT2D eigenvalue weighted by atomic mass is 32.2. The molecule has 0 fully saturated rings. The van der Waals surface area contributed by atoms with Crippen LogP contribution in [0.4, 0.5) is 0 Å². The Hall–Kier alpha value is -2.01. The van der Waals surface area contributed by atoms with Crippen molar-refractivity contribution in [2.45, 2.75) is 26.3 Å². The lowest BCUT2D eigenvalue weighted by atomic mass is 10.1. The zero-order valence-corrected chi connectivity index (χ0v) is 16.0. The maximum atomic E-state index is 4.71. The smallest absolute Gasteiger partial charge is 0.191 e. The fraction of sp³-hybridized carbons (Fsp3) is 0.400. The van der Waals surface area contributed by atoms with E-state index in [1.807, 2.05) is 36.2 Å². The predicted molar refractivity (Wildman–Crippen MR) is 110 cm³/mol. The van der Waals surface area contributed by atoms with E-state index in [2.05, 4.69) is 53.1 Å². The fourth-order valence-corrected chi connectivity index (χ4v) is 2.95. The van der Waals surface area contributed by atoms with E-state index in [1.54, 1.807) is 0 Å². The van der Waals surface area contributed by atoms with Gasteiger partial charge in [-0.15, -0.1) is 0 Å². The number of benzene rings is 1. The van der Waals surface area contributed by atoms with Crippen molar-refractivity contribution in [3.63, 3.8) is 0 Å². The molecule has 134 valence electrons. The van der Waals surface area contributed by atoms with E-state index in [-0.39, 0.29) is 0 Å². The van der Waals surface area contributed by atoms with Crippen molar-refractivity contribution in [1.29, 1.82) is 0 Å². The zero-order chi connectivity index (χ0) is 17.7. The molecule has 0 saturated heterocycles. The second kappa shape index (κ2) is 11.5. The van der Waals surface area contributed by atoms with Gasteiger partial charge in [-0.3, -0.25) is 4.98 Å². The van der Waals surface area contributed by atoms with Crippen LogP contribution in [0.5, 0.6) is 0 Å². The molecule has 2 rings (SSSR count). The number of nitrogens with one attached hydrogen (secondary N) is 2. The number of hydrogen-bond donors (Lipinski definition) is 2. The van der Waals surface area contributed by atoms with E-state index in [0.717, 1.165) is 30.3 Å². The summed E-state index contributed by atoms with van der Waals surface area (Å²) in [4.78, 5) is 9.12. The average molecular weight is 357 g/mol. The van der Waals surface area contributed by atoms with Crippen LogP contribution in [-0.4, -0.2) is 36.0 Å². The van der Waals surface area contributed by atoms with Crippen molar-refractivity contribution in [3.8, 4) is 11.3 Å². The van der Waals surface area contributed by atoms with E-state index < -0.39 is 0 Å². The Morgan fingerprint density at radius 1 is 1.12 bits per heavy atom. The van der Waals surface area contributed by atoms with Crippen LogP contribution in [0.3, 0.4) is 0 Å². The van der Waals surface area contributed by atoms with Crippen molar-refractivity contribution in [1.82, 2.24) is 15.6 Å². The number of unbranched alkanes of at least 4 members (excludes halogenated alkanes) is 1. The maximum Gasteiger partial charge on any atom is 0.191 e. The Bertz CT molecular complexity index is 643. The molecule has 0 atom stereocenters. The number of pyridine rings is 1. The molecule has 2 N–H and O–H groups in total. The molecule has 2 aromatic rings. The highest BCUT2D eigenvalue weighted by molar-refractivity contribution is 7.98. The maximum absolute atomic E-state index is 4.71. The Morgan fingerprint density at radius 3 is 2.80 bits per heavy atom. The molecular weight excluding hydrogens is 328 g/mol. The van der Waals surface area contributed by atoms with Crippen molar-refractivity contribution >= 4 is 17.7 Å². The zero-order valence-electron chi connectivity index (χ0n) is 15.2. The van der Waals surface area contributed by atoms with Crippen LogP contribution in [0.25, 0.3) is 11.3 Å². The standard InChI is InChI=1S/C20H28N4S/c1-3-21-20(23-13-6-7-14-25-2)24-16-17-9-8-10-18(15-17)19-11-4-5-12-22-19/h4-5,8-12,15H,3,6-7,13-14,16H2,1-2H3,(H2,21,23,24). The quantitative estimate of drug-likeness (QED) is 0.406. The highest BCUT2D eigenvalue weighted by Crippen LogP contribution is 2.18. The largest absolute Gasteiger partial charge is 0.357 e. The molecule has 1 aromatic heterocycles. The van der Waals surface area contributed by atoms with Gasteiger partial charge in [0.25, 0.3) is 0 Å². The van der Waals surface area contributed by atoms with Crippen molar-refractivity contribution < 1.29 is 0 Å². The summed E-state index contributed by atoms with van der Waals surface area (Å²) in [6.07, 6.45) is 6.38. The molecule has 1 heterocycles.